The first-order chi connectivity index (χ1) is 8.47. The fourth-order valence-corrected chi connectivity index (χ4v) is 1.49. The highest BCUT2D eigenvalue weighted by molar-refractivity contribution is 6.07. The Hall–Kier alpha value is -2.44. The summed E-state index contributed by atoms with van der Waals surface area (Å²) in [5, 5.41) is 18.6. The number of aromatic carboxylic acids is 1. The van der Waals surface area contributed by atoms with Gasteiger partial charge in [0.25, 0.3) is 0 Å². The summed E-state index contributed by atoms with van der Waals surface area (Å²) in [6, 6.07) is 1.05. The standard InChI is InChI=1S/C11H12O7/c1-16-6-4-5(12)7(10(13)14)8(9(6)17-2)11(15)18-3/h4,12H,1-3H3,(H,13,14). The lowest BCUT2D eigenvalue weighted by molar-refractivity contribution is 0.0576. The van der Waals surface area contributed by atoms with Gasteiger partial charge in [-0.2, -0.15) is 0 Å². The summed E-state index contributed by atoms with van der Waals surface area (Å²) in [6.45, 7) is 0. The van der Waals surface area contributed by atoms with Crippen molar-refractivity contribution in [1.82, 2.24) is 0 Å². The van der Waals surface area contributed by atoms with Crippen LogP contribution in [-0.4, -0.2) is 43.5 Å². The molecule has 7 heteroatoms. The number of benzene rings is 1. The number of carboxylic acid groups (broad SMARTS) is 1. The molecule has 1 aromatic rings. The quantitative estimate of drug-likeness (QED) is 0.771. The number of carboxylic acids is 1. The molecule has 7 nitrogen and oxygen atoms in total. The molecule has 2 N–H and O–H groups in total. The largest absolute Gasteiger partial charge is 0.507 e. The molecule has 0 saturated heterocycles. The van der Waals surface area contributed by atoms with Crippen LogP contribution in [0.4, 0.5) is 0 Å². The number of methoxy groups -OCH3 is 3. The molecule has 0 aliphatic rings. The molecular formula is C11H12O7. The highest BCUT2D eigenvalue weighted by Crippen LogP contribution is 2.39. The van der Waals surface area contributed by atoms with E-state index in [0.717, 1.165) is 13.2 Å². The van der Waals surface area contributed by atoms with Gasteiger partial charge in [-0.25, -0.2) is 9.59 Å². The monoisotopic (exact) mass is 256 g/mol. The zero-order valence-corrected chi connectivity index (χ0v) is 10.0. The van der Waals surface area contributed by atoms with Gasteiger partial charge in [-0.05, 0) is 0 Å². The Morgan fingerprint density at radius 2 is 1.72 bits per heavy atom. The van der Waals surface area contributed by atoms with Gasteiger partial charge in [-0.1, -0.05) is 0 Å². The van der Waals surface area contributed by atoms with Crippen molar-refractivity contribution in [3.8, 4) is 17.2 Å². The van der Waals surface area contributed by atoms with Crippen LogP contribution in [0.25, 0.3) is 0 Å². The molecule has 1 aromatic carbocycles. The molecule has 0 spiro atoms. The van der Waals surface area contributed by atoms with E-state index in [1.807, 2.05) is 0 Å². The molecule has 0 amide bonds. The number of hydrogen-bond donors (Lipinski definition) is 2. The minimum absolute atomic E-state index is 0.0281. The second kappa shape index (κ2) is 5.26. The molecule has 0 aliphatic heterocycles. The van der Waals surface area contributed by atoms with Gasteiger partial charge in [0.05, 0.1) is 21.3 Å². The SMILES string of the molecule is COC(=O)c1c(OC)c(OC)cc(O)c1C(=O)O. The van der Waals surface area contributed by atoms with Crippen molar-refractivity contribution in [2.45, 2.75) is 0 Å². The lowest BCUT2D eigenvalue weighted by Crippen LogP contribution is -2.13. The summed E-state index contributed by atoms with van der Waals surface area (Å²) in [5.74, 6) is -3.12. The first-order valence-corrected chi connectivity index (χ1v) is 4.77. The van der Waals surface area contributed by atoms with Crippen LogP contribution in [-0.2, 0) is 4.74 Å². The summed E-state index contributed by atoms with van der Waals surface area (Å²) in [7, 11) is 3.62. The number of esters is 1. The van der Waals surface area contributed by atoms with Crippen molar-refractivity contribution in [3.63, 3.8) is 0 Å². The van der Waals surface area contributed by atoms with Crippen LogP contribution in [0.2, 0.25) is 0 Å². The van der Waals surface area contributed by atoms with Crippen LogP contribution in [0, 0.1) is 0 Å². The van der Waals surface area contributed by atoms with Crippen molar-refractivity contribution in [2.75, 3.05) is 21.3 Å². The van der Waals surface area contributed by atoms with Gasteiger partial charge in [0, 0.05) is 6.07 Å². The van der Waals surface area contributed by atoms with Crippen molar-refractivity contribution in [2.24, 2.45) is 0 Å². The fraction of sp³-hybridized carbons (Fsp3) is 0.273. The van der Waals surface area contributed by atoms with Crippen LogP contribution in [0.3, 0.4) is 0 Å². The third-order valence-corrected chi connectivity index (χ3v) is 2.25. The summed E-state index contributed by atoms with van der Waals surface area (Å²) in [5.41, 5.74) is -0.996. The van der Waals surface area contributed by atoms with E-state index < -0.39 is 28.8 Å². The maximum absolute atomic E-state index is 11.6. The maximum atomic E-state index is 11.6. The third kappa shape index (κ3) is 2.15. The molecule has 0 unspecified atom stereocenters. The van der Waals surface area contributed by atoms with Crippen LogP contribution in [0.5, 0.6) is 17.2 Å². The van der Waals surface area contributed by atoms with Crippen molar-refractivity contribution < 1.29 is 34.0 Å². The van der Waals surface area contributed by atoms with Gasteiger partial charge in [0.1, 0.15) is 16.9 Å². The summed E-state index contributed by atoms with van der Waals surface area (Å²) >= 11 is 0. The maximum Gasteiger partial charge on any atom is 0.342 e. The van der Waals surface area contributed by atoms with Gasteiger partial charge in [0.2, 0.25) is 0 Å². The van der Waals surface area contributed by atoms with Crippen molar-refractivity contribution in [1.29, 1.82) is 0 Å². The Kier molecular flexibility index (Phi) is 3.98. The van der Waals surface area contributed by atoms with Gasteiger partial charge >= 0.3 is 11.9 Å². The molecule has 0 bridgehead atoms. The van der Waals surface area contributed by atoms with E-state index in [-0.39, 0.29) is 11.5 Å². The van der Waals surface area contributed by atoms with Crippen LogP contribution in [0.1, 0.15) is 20.7 Å². The molecule has 0 aromatic heterocycles. The van der Waals surface area contributed by atoms with Crippen LogP contribution < -0.4 is 9.47 Å². The first kappa shape index (κ1) is 13.6. The lowest BCUT2D eigenvalue weighted by Gasteiger charge is -2.14. The first-order valence-electron chi connectivity index (χ1n) is 4.77. The fourth-order valence-electron chi connectivity index (χ4n) is 1.49. The smallest absolute Gasteiger partial charge is 0.342 e. The third-order valence-electron chi connectivity index (χ3n) is 2.25. The molecule has 0 heterocycles. The highest BCUT2D eigenvalue weighted by Gasteiger charge is 2.29. The molecular weight excluding hydrogens is 244 g/mol. The zero-order valence-electron chi connectivity index (χ0n) is 10.0. The molecule has 98 valence electrons. The Balaban J connectivity index is 3.71. The lowest BCUT2D eigenvalue weighted by atomic mass is 10.0. The predicted octanol–water partition coefficient (Wildman–Crippen LogP) is 0.894. The second-order valence-corrected chi connectivity index (χ2v) is 3.18. The van der Waals surface area contributed by atoms with Gasteiger partial charge in [0.15, 0.2) is 11.5 Å². The summed E-state index contributed by atoms with van der Waals surface area (Å²) in [4.78, 5) is 22.7. The van der Waals surface area contributed by atoms with E-state index in [1.165, 1.54) is 14.2 Å². The minimum atomic E-state index is -1.48. The Bertz CT molecular complexity index is 493. The topological polar surface area (TPSA) is 102 Å². The summed E-state index contributed by atoms with van der Waals surface area (Å²) < 4.78 is 14.3. The molecule has 0 radical (unpaired) electrons. The van der Waals surface area contributed by atoms with Crippen molar-refractivity contribution >= 4 is 11.9 Å². The second-order valence-electron chi connectivity index (χ2n) is 3.18. The number of aromatic hydroxyl groups is 1. The van der Waals surface area contributed by atoms with E-state index in [1.54, 1.807) is 0 Å². The number of carbonyl (C=O) groups excluding carboxylic acids is 1. The molecule has 1 rings (SSSR count). The molecule has 18 heavy (non-hydrogen) atoms. The van der Waals surface area contributed by atoms with E-state index in [2.05, 4.69) is 4.74 Å². The molecule has 0 saturated carbocycles. The van der Waals surface area contributed by atoms with E-state index in [0.29, 0.717) is 0 Å². The van der Waals surface area contributed by atoms with Gasteiger partial charge in [-0.15, -0.1) is 0 Å². The Morgan fingerprint density at radius 3 is 2.11 bits per heavy atom. The number of carbonyl (C=O) groups is 2. The van der Waals surface area contributed by atoms with Gasteiger partial charge in [-0.3, -0.25) is 0 Å². The van der Waals surface area contributed by atoms with E-state index in [4.69, 9.17) is 14.6 Å². The minimum Gasteiger partial charge on any atom is -0.507 e. The number of rotatable bonds is 4. The Labute approximate surface area is 103 Å². The van der Waals surface area contributed by atoms with Crippen LogP contribution in [0.15, 0.2) is 6.07 Å². The average Bonchev–Trinajstić information content (AvgIpc) is 2.35. The summed E-state index contributed by atoms with van der Waals surface area (Å²) in [6.07, 6.45) is 0. The Morgan fingerprint density at radius 1 is 1.11 bits per heavy atom. The van der Waals surface area contributed by atoms with Gasteiger partial charge < -0.3 is 24.4 Å². The zero-order chi connectivity index (χ0) is 13.9. The number of ether oxygens (including phenoxy) is 3. The van der Waals surface area contributed by atoms with Crippen molar-refractivity contribution in [3.05, 3.63) is 17.2 Å². The number of phenols is 1. The normalized spacial score (nSPS) is 9.72. The van der Waals surface area contributed by atoms with E-state index >= 15 is 0 Å². The highest BCUT2D eigenvalue weighted by atomic mass is 16.5. The van der Waals surface area contributed by atoms with E-state index in [9.17, 15) is 14.7 Å². The molecule has 0 atom stereocenters. The van der Waals surface area contributed by atoms with Crippen LogP contribution >= 0.6 is 0 Å². The molecule has 0 aliphatic carbocycles. The average molecular weight is 256 g/mol. The number of hydrogen-bond acceptors (Lipinski definition) is 6. The predicted molar refractivity (Wildman–Crippen MR) is 59.5 cm³/mol. The molecule has 0 fully saturated rings.